The highest BCUT2D eigenvalue weighted by atomic mass is 19.1. The zero-order valence-corrected chi connectivity index (χ0v) is 17.7. The fourth-order valence-corrected chi connectivity index (χ4v) is 4.80. The van der Waals surface area contributed by atoms with E-state index in [9.17, 15) is 4.39 Å². The Bertz CT molecular complexity index is 1260. The van der Waals surface area contributed by atoms with Crippen molar-refractivity contribution in [2.24, 2.45) is 0 Å². The number of halogens is 1. The number of nitrogens with zero attached hydrogens (tertiary/aromatic N) is 4. The maximum atomic E-state index is 13.3. The predicted molar refractivity (Wildman–Crippen MR) is 121 cm³/mol. The minimum atomic E-state index is -0.259. The van der Waals surface area contributed by atoms with Gasteiger partial charge < -0.3 is 9.42 Å². The second-order valence-corrected chi connectivity index (χ2v) is 8.58. The van der Waals surface area contributed by atoms with Crippen LogP contribution in [-0.2, 0) is 25.8 Å². The molecule has 0 bridgehead atoms. The first-order valence-corrected chi connectivity index (χ1v) is 11.2. The molecule has 0 spiro atoms. The minimum Gasteiger partial charge on any atom is -0.356 e. The Kier molecular flexibility index (Phi) is 4.71. The maximum Gasteiger partial charge on any atom is 0.170 e. The second-order valence-electron chi connectivity index (χ2n) is 8.58. The van der Waals surface area contributed by atoms with Crippen molar-refractivity contribution in [1.82, 2.24) is 15.4 Å². The van der Waals surface area contributed by atoms with Crippen molar-refractivity contribution in [1.29, 1.82) is 0 Å². The lowest BCUT2D eigenvalue weighted by Crippen LogP contribution is -2.31. The molecular weight excluding hydrogens is 403 g/mol. The van der Waals surface area contributed by atoms with Gasteiger partial charge in [-0.15, -0.1) is 10.2 Å². The summed E-state index contributed by atoms with van der Waals surface area (Å²) in [6.45, 7) is 1.42. The third-order valence-corrected chi connectivity index (χ3v) is 6.57. The smallest absolute Gasteiger partial charge is 0.170 e. The molecule has 5 nitrogen and oxygen atoms in total. The predicted octanol–water partition coefficient (Wildman–Crippen LogP) is 5.38. The van der Waals surface area contributed by atoms with Gasteiger partial charge in [-0.1, -0.05) is 17.3 Å². The first kappa shape index (κ1) is 19.2. The first-order valence-electron chi connectivity index (χ1n) is 11.2. The lowest BCUT2D eigenvalue weighted by atomic mass is 9.90. The molecule has 0 atom stereocenters. The van der Waals surface area contributed by atoms with Crippen LogP contribution in [0, 0.1) is 5.82 Å². The molecule has 0 fully saturated rings. The average molecular weight is 426 g/mol. The highest BCUT2D eigenvalue weighted by Gasteiger charge is 2.25. The molecule has 6 heteroatoms. The van der Waals surface area contributed by atoms with E-state index < -0.39 is 0 Å². The largest absolute Gasteiger partial charge is 0.356 e. The van der Waals surface area contributed by atoms with Gasteiger partial charge in [0.1, 0.15) is 11.5 Å². The normalized spacial score (nSPS) is 15.3. The van der Waals surface area contributed by atoms with Gasteiger partial charge >= 0.3 is 0 Å². The topological polar surface area (TPSA) is 55.1 Å². The lowest BCUT2D eigenvalue weighted by Gasteiger charge is -2.26. The van der Waals surface area contributed by atoms with Crippen molar-refractivity contribution in [3.05, 3.63) is 82.8 Å². The highest BCUT2D eigenvalue weighted by molar-refractivity contribution is 5.64. The lowest BCUT2D eigenvalue weighted by molar-refractivity contribution is 0.423. The second kappa shape index (κ2) is 7.86. The Morgan fingerprint density at radius 1 is 0.812 bits per heavy atom. The molecule has 0 unspecified atom stereocenters. The van der Waals surface area contributed by atoms with Gasteiger partial charge in [0.2, 0.25) is 0 Å². The molecule has 2 aromatic carbocycles. The van der Waals surface area contributed by atoms with Crippen molar-refractivity contribution >= 4 is 5.82 Å². The number of benzene rings is 2. The van der Waals surface area contributed by atoms with E-state index in [0.717, 1.165) is 59.0 Å². The summed E-state index contributed by atoms with van der Waals surface area (Å²) >= 11 is 0. The Balaban J connectivity index is 1.21. The summed E-state index contributed by atoms with van der Waals surface area (Å²) in [4.78, 5) is 2.17. The van der Waals surface area contributed by atoms with Crippen LogP contribution in [0.1, 0.15) is 35.2 Å². The third kappa shape index (κ3) is 3.45. The molecule has 0 amide bonds. The SMILES string of the molecule is Fc1ccc(-c2onc3c2CCN(c2ccc(-c4ccc5c(c4)CCCC5)nn2)C3)cc1. The van der Waals surface area contributed by atoms with Gasteiger partial charge in [0.25, 0.3) is 0 Å². The summed E-state index contributed by atoms with van der Waals surface area (Å²) < 4.78 is 18.9. The molecule has 6 rings (SSSR count). The minimum absolute atomic E-state index is 0.259. The molecule has 0 N–H and O–H groups in total. The number of hydrogen-bond acceptors (Lipinski definition) is 5. The maximum absolute atomic E-state index is 13.3. The van der Waals surface area contributed by atoms with E-state index >= 15 is 0 Å². The van der Waals surface area contributed by atoms with Crippen molar-refractivity contribution in [2.75, 3.05) is 11.4 Å². The number of fused-ring (bicyclic) bond motifs is 2. The van der Waals surface area contributed by atoms with Crippen molar-refractivity contribution in [2.45, 2.75) is 38.6 Å². The van der Waals surface area contributed by atoms with Crippen LogP contribution < -0.4 is 4.90 Å². The quantitative estimate of drug-likeness (QED) is 0.440. The summed E-state index contributed by atoms with van der Waals surface area (Å²) in [7, 11) is 0. The van der Waals surface area contributed by atoms with E-state index in [2.05, 4.69) is 44.5 Å². The summed E-state index contributed by atoms with van der Waals surface area (Å²) in [5, 5.41) is 13.3. The van der Waals surface area contributed by atoms with E-state index in [1.54, 1.807) is 12.1 Å². The van der Waals surface area contributed by atoms with Gasteiger partial charge in [0.15, 0.2) is 11.6 Å². The molecule has 2 aromatic heterocycles. The molecule has 1 aliphatic carbocycles. The molecule has 2 aliphatic rings. The van der Waals surface area contributed by atoms with Gasteiger partial charge in [-0.05, 0) is 85.7 Å². The fourth-order valence-electron chi connectivity index (χ4n) is 4.80. The van der Waals surface area contributed by atoms with Crippen molar-refractivity contribution < 1.29 is 8.91 Å². The molecule has 0 radical (unpaired) electrons. The summed E-state index contributed by atoms with van der Waals surface area (Å²) in [5.74, 6) is 1.31. The average Bonchev–Trinajstić information content (AvgIpc) is 3.28. The van der Waals surface area contributed by atoms with Crippen LogP contribution in [0.3, 0.4) is 0 Å². The molecule has 3 heterocycles. The Morgan fingerprint density at radius 3 is 2.44 bits per heavy atom. The van der Waals surface area contributed by atoms with Gasteiger partial charge in [0, 0.05) is 23.2 Å². The van der Waals surface area contributed by atoms with E-state index in [-0.39, 0.29) is 5.82 Å². The fraction of sp³-hybridized carbons (Fsp3) is 0.269. The van der Waals surface area contributed by atoms with Crippen LogP contribution in [0.15, 0.2) is 59.1 Å². The summed E-state index contributed by atoms with van der Waals surface area (Å²) in [5.41, 5.74) is 7.80. The Hall–Kier alpha value is -3.54. The molecule has 160 valence electrons. The summed E-state index contributed by atoms with van der Waals surface area (Å²) in [6.07, 6.45) is 5.68. The van der Waals surface area contributed by atoms with Gasteiger partial charge in [-0.25, -0.2) is 4.39 Å². The van der Waals surface area contributed by atoms with E-state index in [0.29, 0.717) is 6.54 Å². The molecule has 4 aromatic rings. The van der Waals surface area contributed by atoms with Gasteiger partial charge in [-0.2, -0.15) is 0 Å². The molecule has 32 heavy (non-hydrogen) atoms. The summed E-state index contributed by atoms with van der Waals surface area (Å²) in [6, 6.07) is 17.1. The zero-order chi connectivity index (χ0) is 21.5. The van der Waals surface area contributed by atoms with Gasteiger partial charge in [-0.3, -0.25) is 0 Å². The standard InChI is InChI=1S/C26H23FN4O/c27-21-9-7-18(8-10-21)26-22-13-14-31(16-24(22)30-32-26)25-12-11-23(28-29-25)20-6-5-17-3-1-2-4-19(17)15-20/h5-12,15H,1-4,13-14,16H2. The first-order chi connectivity index (χ1) is 15.7. The monoisotopic (exact) mass is 426 g/mol. The highest BCUT2D eigenvalue weighted by Crippen LogP contribution is 2.32. The van der Waals surface area contributed by atoms with Crippen LogP contribution in [0.2, 0.25) is 0 Å². The van der Waals surface area contributed by atoms with Crippen LogP contribution in [0.5, 0.6) is 0 Å². The molecule has 0 saturated heterocycles. The van der Waals surface area contributed by atoms with E-state index in [4.69, 9.17) is 4.52 Å². The Labute approximate surface area is 185 Å². The molecule has 0 saturated carbocycles. The number of aryl methyl sites for hydroxylation is 2. The van der Waals surface area contributed by atoms with Crippen LogP contribution >= 0.6 is 0 Å². The van der Waals surface area contributed by atoms with Gasteiger partial charge in [0.05, 0.1) is 12.2 Å². The Morgan fingerprint density at radius 2 is 1.62 bits per heavy atom. The number of anilines is 1. The van der Waals surface area contributed by atoms with Crippen LogP contribution in [-0.4, -0.2) is 21.9 Å². The van der Waals surface area contributed by atoms with Crippen molar-refractivity contribution in [3.63, 3.8) is 0 Å². The van der Waals surface area contributed by atoms with Crippen LogP contribution in [0.25, 0.3) is 22.6 Å². The van der Waals surface area contributed by atoms with E-state index in [1.807, 2.05) is 6.07 Å². The van der Waals surface area contributed by atoms with E-state index in [1.165, 1.54) is 42.5 Å². The number of aromatic nitrogens is 3. The van der Waals surface area contributed by atoms with Crippen LogP contribution in [0.4, 0.5) is 10.2 Å². The zero-order valence-electron chi connectivity index (χ0n) is 17.7. The molecule has 1 aliphatic heterocycles. The number of rotatable bonds is 3. The third-order valence-electron chi connectivity index (χ3n) is 6.57. The molecular formula is C26H23FN4O. The van der Waals surface area contributed by atoms with Crippen molar-refractivity contribution in [3.8, 4) is 22.6 Å². The number of hydrogen-bond donors (Lipinski definition) is 0.